The number of hydrogen-bond acceptors (Lipinski definition) is 2. The first-order valence-corrected chi connectivity index (χ1v) is 7.34. The van der Waals surface area contributed by atoms with Gasteiger partial charge in [0.25, 0.3) is 0 Å². The number of amides is 1. The molecular formula is C16H28N2O. The van der Waals surface area contributed by atoms with Gasteiger partial charge in [-0.2, -0.15) is 0 Å². The summed E-state index contributed by atoms with van der Waals surface area (Å²) in [6.07, 6.45) is 8.12. The molecule has 0 aromatic carbocycles. The number of terminal acetylenes is 1. The molecule has 0 saturated heterocycles. The normalized spacial score (nSPS) is 29.6. The van der Waals surface area contributed by atoms with Gasteiger partial charge in [0.1, 0.15) is 0 Å². The predicted octanol–water partition coefficient (Wildman–Crippen LogP) is 2.26. The van der Waals surface area contributed by atoms with Crippen LogP contribution < -0.4 is 5.73 Å². The molecule has 1 saturated carbocycles. The average Bonchev–Trinajstić information content (AvgIpc) is 2.35. The van der Waals surface area contributed by atoms with Gasteiger partial charge in [0.2, 0.25) is 5.91 Å². The van der Waals surface area contributed by atoms with Gasteiger partial charge in [-0.15, -0.1) is 6.42 Å². The van der Waals surface area contributed by atoms with Crippen LogP contribution in [-0.4, -0.2) is 29.9 Å². The van der Waals surface area contributed by atoms with Crippen LogP contribution in [0.1, 0.15) is 47.0 Å². The van der Waals surface area contributed by atoms with E-state index >= 15 is 0 Å². The van der Waals surface area contributed by atoms with Crippen LogP contribution in [0.2, 0.25) is 0 Å². The maximum absolute atomic E-state index is 12.7. The first-order chi connectivity index (χ1) is 8.86. The van der Waals surface area contributed by atoms with Crippen LogP contribution in [0.5, 0.6) is 0 Å². The fourth-order valence-corrected chi connectivity index (χ4v) is 3.16. The quantitative estimate of drug-likeness (QED) is 0.792. The second kappa shape index (κ2) is 6.43. The molecule has 0 aromatic rings. The Hall–Kier alpha value is -1.01. The summed E-state index contributed by atoms with van der Waals surface area (Å²) in [5.74, 6) is 3.21. The van der Waals surface area contributed by atoms with Crippen molar-refractivity contribution in [2.45, 2.75) is 53.0 Å². The van der Waals surface area contributed by atoms with Gasteiger partial charge in [0.15, 0.2) is 0 Å². The number of carbonyl (C=O) groups excluding carboxylic acids is 1. The van der Waals surface area contributed by atoms with Gasteiger partial charge in [0, 0.05) is 18.5 Å². The number of hydrogen-bond donors (Lipinski definition) is 1. The summed E-state index contributed by atoms with van der Waals surface area (Å²) in [5, 5.41) is 0. The van der Waals surface area contributed by atoms with Crippen molar-refractivity contribution in [1.29, 1.82) is 0 Å². The molecule has 1 aliphatic carbocycles. The Morgan fingerprint density at radius 3 is 2.63 bits per heavy atom. The molecule has 1 amide bonds. The van der Waals surface area contributed by atoms with Gasteiger partial charge < -0.3 is 10.6 Å². The van der Waals surface area contributed by atoms with Gasteiger partial charge >= 0.3 is 0 Å². The van der Waals surface area contributed by atoms with E-state index in [1.807, 2.05) is 4.90 Å². The SMILES string of the molecule is C#CCN(CCC)C(=O)C1CCC(N)C(C)C1(C)C. The van der Waals surface area contributed by atoms with Crippen LogP contribution in [0.3, 0.4) is 0 Å². The maximum Gasteiger partial charge on any atom is 0.227 e. The third-order valence-corrected chi connectivity index (χ3v) is 4.89. The lowest BCUT2D eigenvalue weighted by atomic mass is 9.60. The average molecular weight is 264 g/mol. The molecular weight excluding hydrogens is 236 g/mol. The molecule has 3 heteroatoms. The van der Waals surface area contributed by atoms with E-state index in [1.54, 1.807) is 0 Å². The van der Waals surface area contributed by atoms with E-state index in [-0.39, 0.29) is 23.3 Å². The zero-order valence-electron chi connectivity index (χ0n) is 12.8. The summed E-state index contributed by atoms with van der Waals surface area (Å²) in [7, 11) is 0. The van der Waals surface area contributed by atoms with Gasteiger partial charge in [-0.1, -0.05) is 33.6 Å². The molecule has 0 bridgehead atoms. The lowest BCUT2D eigenvalue weighted by Gasteiger charge is -2.47. The summed E-state index contributed by atoms with van der Waals surface area (Å²) >= 11 is 0. The molecule has 3 atom stereocenters. The van der Waals surface area contributed by atoms with E-state index in [1.165, 1.54) is 0 Å². The molecule has 1 fully saturated rings. The standard InChI is InChI=1S/C16H28N2O/c1-6-10-18(11-7-2)15(19)13-8-9-14(17)12(3)16(13,4)5/h1,12-14H,7-11,17H2,2-5H3. The largest absolute Gasteiger partial charge is 0.331 e. The molecule has 19 heavy (non-hydrogen) atoms. The smallest absolute Gasteiger partial charge is 0.227 e. The van der Waals surface area contributed by atoms with Crippen molar-refractivity contribution in [3.05, 3.63) is 0 Å². The third kappa shape index (κ3) is 3.30. The third-order valence-electron chi connectivity index (χ3n) is 4.89. The van der Waals surface area contributed by atoms with E-state index in [9.17, 15) is 4.79 Å². The Morgan fingerprint density at radius 1 is 1.47 bits per heavy atom. The van der Waals surface area contributed by atoms with Crippen LogP contribution in [-0.2, 0) is 4.79 Å². The van der Waals surface area contributed by atoms with E-state index < -0.39 is 0 Å². The molecule has 2 N–H and O–H groups in total. The monoisotopic (exact) mass is 264 g/mol. The first kappa shape index (κ1) is 16.0. The highest BCUT2D eigenvalue weighted by Gasteiger charge is 2.45. The minimum atomic E-state index is -0.0602. The fourth-order valence-electron chi connectivity index (χ4n) is 3.16. The van der Waals surface area contributed by atoms with Crippen LogP contribution in [0.15, 0.2) is 0 Å². The second-order valence-corrected chi connectivity index (χ2v) is 6.37. The molecule has 3 nitrogen and oxygen atoms in total. The number of nitrogens with two attached hydrogens (primary N) is 1. The molecule has 3 unspecified atom stereocenters. The molecule has 1 rings (SSSR count). The highest BCUT2D eigenvalue weighted by molar-refractivity contribution is 5.80. The van der Waals surface area contributed by atoms with Crippen molar-refractivity contribution < 1.29 is 4.79 Å². The Labute approximate surface area is 117 Å². The zero-order valence-corrected chi connectivity index (χ0v) is 12.8. The van der Waals surface area contributed by atoms with Gasteiger partial charge in [0.05, 0.1) is 6.54 Å². The molecule has 1 aliphatic rings. The molecule has 0 spiro atoms. The fraction of sp³-hybridized carbons (Fsp3) is 0.812. The minimum absolute atomic E-state index is 0.0437. The van der Waals surface area contributed by atoms with Crippen LogP contribution >= 0.6 is 0 Å². The van der Waals surface area contributed by atoms with E-state index in [4.69, 9.17) is 12.2 Å². The summed E-state index contributed by atoms with van der Waals surface area (Å²) in [6.45, 7) is 9.73. The summed E-state index contributed by atoms with van der Waals surface area (Å²) in [6, 6.07) is 0.200. The Bertz CT molecular complexity index is 356. The summed E-state index contributed by atoms with van der Waals surface area (Å²) in [4.78, 5) is 14.6. The number of carbonyl (C=O) groups is 1. The molecule has 0 aromatic heterocycles. The first-order valence-electron chi connectivity index (χ1n) is 7.34. The Balaban J connectivity index is 2.88. The lowest BCUT2D eigenvalue weighted by Crippen LogP contribution is -2.52. The van der Waals surface area contributed by atoms with E-state index in [0.717, 1.165) is 25.8 Å². The van der Waals surface area contributed by atoms with Crippen molar-refractivity contribution in [2.24, 2.45) is 23.0 Å². The number of nitrogens with zero attached hydrogens (tertiary/aromatic N) is 1. The van der Waals surface area contributed by atoms with Crippen LogP contribution in [0.25, 0.3) is 0 Å². The second-order valence-electron chi connectivity index (χ2n) is 6.37. The van der Waals surface area contributed by atoms with Gasteiger partial charge in [-0.3, -0.25) is 4.79 Å². The van der Waals surface area contributed by atoms with E-state index in [2.05, 4.69) is 33.6 Å². The van der Waals surface area contributed by atoms with Gasteiger partial charge in [-0.05, 0) is 30.6 Å². The zero-order chi connectivity index (χ0) is 14.6. The van der Waals surface area contributed by atoms with Crippen molar-refractivity contribution in [3.8, 4) is 12.3 Å². The van der Waals surface area contributed by atoms with Crippen molar-refractivity contribution in [2.75, 3.05) is 13.1 Å². The lowest BCUT2D eigenvalue weighted by molar-refractivity contribution is -0.142. The predicted molar refractivity (Wildman–Crippen MR) is 79.3 cm³/mol. The van der Waals surface area contributed by atoms with E-state index in [0.29, 0.717) is 12.5 Å². The molecule has 0 heterocycles. The Morgan fingerprint density at radius 2 is 2.11 bits per heavy atom. The van der Waals surface area contributed by atoms with Crippen molar-refractivity contribution in [1.82, 2.24) is 4.90 Å². The maximum atomic E-state index is 12.7. The highest BCUT2D eigenvalue weighted by atomic mass is 16.2. The van der Waals surface area contributed by atoms with Crippen LogP contribution in [0.4, 0.5) is 0 Å². The van der Waals surface area contributed by atoms with Crippen LogP contribution in [0, 0.1) is 29.6 Å². The highest BCUT2D eigenvalue weighted by Crippen LogP contribution is 2.45. The minimum Gasteiger partial charge on any atom is -0.331 e. The topological polar surface area (TPSA) is 46.3 Å². The summed E-state index contributed by atoms with van der Waals surface area (Å²) in [5.41, 5.74) is 6.09. The molecule has 0 radical (unpaired) electrons. The molecule has 108 valence electrons. The number of rotatable bonds is 4. The van der Waals surface area contributed by atoms with Crippen molar-refractivity contribution in [3.63, 3.8) is 0 Å². The summed E-state index contributed by atoms with van der Waals surface area (Å²) < 4.78 is 0. The molecule has 0 aliphatic heterocycles. The Kier molecular flexibility index (Phi) is 5.43. The van der Waals surface area contributed by atoms with Gasteiger partial charge in [-0.25, -0.2) is 0 Å². The van der Waals surface area contributed by atoms with Crippen molar-refractivity contribution >= 4 is 5.91 Å².